The number of hydrogen-bond acceptors (Lipinski definition) is 7. The predicted octanol–water partition coefficient (Wildman–Crippen LogP) is 0.239. The number of H-pyrrole nitrogens is 1. The smallest absolute Gasteiger partial charge is 0.271 e. The van der Waals surface area contributed by atoms with Crippen molar-refractivity contribution in [3.8, 4) is 17.1 Å². The molecule has 0 atom stereocenters. The Morgan fingerprint density at radius 1 is 1.44 bits per heavy atom. The van der Waals surface area contributed by atoms with Gasteiger partial charge in [-0.25, -0.2) is 4.98 Å². The first-order valence-electron chi connectivity index (χ1n) is 8.56. The summed E-state index contributed by atoms with van der Waals surface area (Å²) in [6.45, 7) is 1.74. The molecule has 3 heterocycles. The topological polar surface area (TPSA) is 112 Å². The Kier molecular flexibility index (Phi) is 5.82. The zero-order valence-corrected chi connectivity index (χ0v) is 15.2. The van der Waals surface area contributed by atoms with Crippen LogP contribution in [0.15, 0.2) is 41.6 Å². The van der Waals surface area contributed by atoms with Gasteiger partial charge in [-0.15, -0.1) is 0 Å². The molecule has 1 amide bonds. The number of nitrogens with zero attached hydrogens (tertiary/aromatic N) is 3. The molecule has 0 radical (unpaired) electrons. The van der Waals surface area contributed by atoms with Gasteiger partial charge in [0.2, 0.25) is 11.8 Å². The number of likely N-dealkylation sites (N-methyl/N-ethyl adjacent to an activating group) is 1. The molecule has 3 N–H and O–H groups in total. The molecule has 0 saturated carbocycles. The minimum atomic E-state index is -0.228. The third-order valence-electron chi connectivity index (χ3n) is 4.16. The highest BCUT2D eigenvalue weighted by atomic mass is 16.5. The van der Waals surface area contributed by atoms with Gasteiger partial charge in [-0.2, -0.15) is 0 Å². The summed E-state index contributed by atoms with van der Waals surface area (Å²) in [5, 5.41) is 6.13. The number of nitrogens with one attached hydrogen (secondary N) is 3. The molecule has 9 nitrogen and oxygen atoms in total. The molecule has 0 unspecified atom stereocenters. The Labute approximate surface area is 156 Å². The van der Waals surface area contributed by atoms with E-state index >= 15 is 0 Å². The van der Waals surface area contributed by atoms with Gasteiger partial charge in [0.15, 0.2) is 0 Å². The van der Waals surface area contributed by atoms with Crippen LogP contribution >= 0.6 is 0 Å². The maximum atomic E-state index is 12.1. The van der Waals surface area contributed by atoms with E-state index in [1.54, 1.807) is 35.5 Å². The van der Waals surface area contributed by atoms with Crippen molar-refractivity contribution in [1.29, 1.82) is 0 Å². The number of likely N-dealkylation sites (tertiary alicyclic amines) is 1. The molecule has 0 bridgehead atoms. The fraction of sp³-hybridized carbons (Fsp3) is 0.333. The standard InChI is InChI=1S/C18H22N6O3/c1-19-5-3-4-17(25)24-10-13(11-24)22-14-6-12(7-21-18(14)26)15-8-20-9-16(23-15)27-2/h3-4,6-9,13,19,22H,5,10-11H2,1-2H3,(H,21,26). The van der Waals surface area contributed by atoms with E-state index in [-0.39, 0.29) is 17.5 Å². The quantitative estimate of drug-likeness (QED) is 0.599. The Balaban J connectivity index is 1.65. The van der Waals surface area contributed by atoms with E-state index in [1.165, 1.54) is 13.3 Å². The van der Waals surface area contributed by atoms with E-state index in [4.69, 9.17) is 4.74 Å². The van der Waals surface area contributed by atoms with Crippen molar-refractivity contribution in [3.63, 3.8) is 0 Å². The van der Waals surface area contributed by atoms with Crippen molar-refractivity contribution in [2.75, 3.05) is 39.1 Å². The van der Waals surface area contributed by atoms with Crippen LogP contribution in [0.4, 0.5) is 5.69 Å². The molecule has 142 valence electrons. The minimum absolute atomic E-state index is 0.0272. The van der Waals surface area contributed by atoms with Gasteiger partial charge in [0.05, 0.1) is 31.2 Å². The Morgan fingerprint density at radius 3 is 3.00 bits per heavy atom. The number of ether oxygens (including phenoxy) is 1. The average molecular weight is 370 g/mol. The molecule has 9 heteroatoms. The lowest BCUT2D eigenvalue weighted by Gasteiger charge is -2.39. The van der Waals surface area contributed by atoms with Crippen molar-refractivity contribution in [1.82, 2.24) is 25.2 Å². The van der Waals surface area contributed by atoms with Crippen LogP contribution in [0, 0.1) is 0 Å². The zero-order valence-electron chi connectivity index (χ0n) is 15.2. The van der Waals surface area contributed by atoms with E-state index < -0.39 is 0 Å². The maximum Gasteiger partial charge on any atom is 0.271 e. The molecule has 2 aromatic heterocycles. The first-order valence-corrected chi connectivity index (χ1v) is 8.56. The van der Waals surface area contributed by atoms with Gasteiger partial charge in [-0.05, 0) is 13.1 Å². The van der Waals surface area contributed by atoms with E-state index in [0.717, 1.165) is 0 Å². The molecule has 3 rings (SSSR count). The molecule has 2 aromatic rings. The molecule has 1 aliphatic heterocycles. The molecular formula is C18H22N6O3. The van der Waals surface area contributed by atoms with Crippen LogP contribution in [-0.2, 0) is 4.79 Å². The summed E-state index contributed by atoms with van der Waals surface area (Å²) in [6.07, 6.45) is 8.04. The number of aromatic amines is 1. The SMILES string of the molecule is CNCC=CC(=O)N1CC(Nc2cc(-c3cncc(OC)n3)c[nH]c2=O)C1. The van der Waals surface area contributed by atoms with Gasteiger partial charge in [0, 0.05) is 37.5 Å². The number of anilines is 1. The molecule has 0 aromatic carbocycles. The summed E-state index contributed by atoms with van der Waals surface area (Å²) in [7, 11) is 3.34. The van der Waals surface area contributed by atoms with Crippen molar-refractivity contribution in [3.05, 3.63) is 47.2 Å². The monoisotopic (exact) mass is 370 g/mol. The Bertz CT molecular complexity index is 889. The van der Waals surface area contributed by atoms with E-state index in [1.807, 2.05) is 7.05 Å². The minimum Gasteiger partial charge on any atom is -0.480 e. The number of aromatic nitrogens is 3. The molecule has 1 saturated heterocycles. The highest BCUT2D eigenvalue weighted by Crippen LogP contribution is 2.20. The summed E-state index contributed by atoms with van der Waals surface area (Å²) < 4.78 is 5.08. The van der Waals surface area contributed by atoms with E-state index in [9.17, 15) is 9.59 Å². The second kappa shape index (κ2) is 8.45. The molecular weight excluding hydrogens is 348 g/mol. The van der Waals surface area contributed by atoms with Gasteiger partial charge in [0.25, 0.3) is 5.56 Å². The second-order valence-corrected chi connectivity index (χ2v) is 6.12. The Morgan fingerprint density at radius 2 is 2.26 bits per heavy atom. The van der Waals surface area contributed by atoms with E-state index in [0.29, 0.717) is 42.5 Å². The van der Waals surface area contributed by atoms with Crippen molar-refractivity contribution in [2.24, 2.45) is 0 Å². The third kappa shape index (κ3) is 4.50. The summed E-state index contributed by atoms with van der Waals surface area (Å²) in [5.74, 6) is 0.366. The van der Waals surface area contributed by atoms with Crippen LogP contribution in [0.3, 0.4) is 0 Å². The number of methoxy groups -OCH3 is 1. The van der Waals surface area contributed by atoms with Gasteiger partial charge in [0.1, 0.15) is 5.69 Å². The number of hydrogen-bond donors (Lipinski definition) is 3. The van der Waals surface area contributed by atoms with Crippen LogP contribution in [0.5, 0.6) is 5.88 Å². The predicted molar refractivity (Wildman–Crippen MR) is 102 cm³/mol. The lowest BCUT2D eigenvalue weighted by Crippen LogP contribution is -2.57. The molecule has 0 aliphatic carbocycles. The van der Waals surface area contributed by atoms with Crippen molar-refractivity contribution >= 4 is 11.6 Å². The molecule has 0 spiro atoms. The van der Waals surface area contributed by atoms with Crippen LogP contribution in [0.1, 0.15) is 0 Å². The Hall–Kier alpha value is -3.20. The zero-order chi connectivity index (χ0) is 19.2. The first kappa shape index (κ1) is 18.6. The number of amides is 1. The first-order chi connectivity index (χ1) is 13.1. The summed E-state index contributed by atoms with van der Waals surface area (Å²) in [5.41, 5.74) is 1.51. The number of pyridine rings is 1. The summed E-state index contributed by atoms with van der Waals surface area (Å²) in [6, 6.07) is 1.75. The fourth-order valence-electron chi connectivity index (χ4n) is 2.68. The molecule has 1 aliphatic rings. The fourth-order valence-corrected chi connectivity index (χ4v) is 2.68. The van der Waals surface area contributed by atoms with Crippen molar-refractivity contribution in [2.45, 2.75) is 6.04 Å². The lowest BCUT2D eigenvalue weighted by atomic mass is 10.1. The molecule has 1 fully saturated rings. The van der Waals surface area contributed by atoms with Crippen LogP contribution in [0.2, 0.25) is 0 Å². The lowest BCUT2D eigenvalue weighted by molar-refractivity contribution is -0.129. The van der Waals surface area contributed by atoms with E-state index in [2.05, 4.69) is 25.6 Å². The van der Waals surface area contributed by atoms with Crippen LogP contribution in [0.25, 0.3) is 11.3 Å². The highest BCUT2D eigenvalue weighted by Gasteiger charge is 2.29. The number of rotatable bonds is 7. The normalized spacial score (nSPS) is 14.2. The molecule has 27 heavy (non-hydrogen) atoms. The summed E-state index contributed by atoms with van der Waals surface area (Å²) in [4.78, 5) is 36.9. The average Bonchev–Trinajstić information content (AvgIpc) is 2.65. The number of carbonyl (C=O) groups is 1. The summed E-state index contributed by atoms with van der Waals surface area (Å²) >= 11 is 0. The second-order valence-electron chi connectivity index (χ2n) is 6.12. The van der Waals surface area contributed by atoms with Crippen molar-refractivity contribution < 1.29 is 9.53 Å². The van der Waals surface area contributed by atoms with Gasteiger partial charge in [-0.3, -0.25) is 14.6 Å². The van der Waals surface area contributed by atoms with Crippen LogP contribution in [-0.4, -0.2) is 65.6 Å². The van der Waals surface area contributed by atoms with Gasteiger partial charge >= 0.3 is 0 Å². The maximum absolute atomic E-state index is 12.1. The van der Waals surface area contributed by atoms with Gasteiger partial charge < -0.3 is 25.3 Å². The third-order valence-corrected chi connectivity index (χ3v) is 4.16. The number of carbonyl (C=O) groups excluding carboxylic acids is 1. The van der Waals surface area contributed by atoms with Gasteiger partial charge in [-0.1, -0.05) is 6.08 Å². The van der Waals surface area contributed by atoms with Crippen LogP contribution < -0.4 is 20.9 Å². The highest BCUT2D eigenvalue weighted by molar-refractivity contribution is 5.88. The largest absolute Gasteiger partial charge is 0.480 e.